The molecule has 0 aromatic rings. The highest BCUT2D eigenvalue weighted by atomic mass is 16.5. The van der Waals surface area contributed by atoms with Gasteiger partial charge in [0.15, 0.2) is 0 Å². The van der Waals surface area contributed by atoms with Gasteiger partial charge in [0.2, 0.25) is 0 Å². The molecule has 3 nitrogen and oxygen atoms in total. The molecule has 0 spiro atoms. The van der Waals surface area contributed by atoms with E-state index in [1.54, 1.807) is 0 Å². The fraction of sp³-hybridized carbons (Fsp3) is 0.917. The van der Waals surface area contributed by atoms with Crippen molar-refractivity contribution in [1.82, 2.24) is 5.32 Å². The fourth-order valence-electron chi connectivity index (χ4n) is 1.25. The van der Waals surface area contributed by atoms with Gasteiger partial charge in [-0.1, -0.05) is 13.8 Å². The summed E-state index contributed by atoms with van der Waals surface area (Å²) in [6.07, 6.45) is 3.72. The Morgan fingerprint density at radius 2 is 1.87 bits per heavy atom. The molecule has 0 amide bonds. The summed E-state index contributed by atoms with van der Waals surface area (Å²) in [5.41, 5.74) is 0. The minimum Gasteiger partial charge on any atom is -0.381 e. The number of hydrogen-bond acceptors (Lipinski definition) is 3. The maximum Gasteiger partial charge on any atom is 0.135 e. The number of ketones is 1. The molecule has 0 radical (unpaired) electrons. The van der Waals surface area contributed by atoms with Gasteiger partial charge in [0.05, 0.1) is 0 Å². The number of Topliss-reactive ketones (excluding diaryl/α,β-unsaturated/α-hetero) is 1. The van der Waals surface area contributed by atoms with Crippen LogP contribution in [0.4, 0.5) is 0 Å². The normalized spacial score (nSPS) is 10.9. The van der Waals surface area contributed by atoms with Crippen LogP contribution < -0.4 is 5.32 Å². The van der Waals surface area contributed by atoms with Crippen LogP contribution in [0.1, 0.15) is 39.5 Å². The van der Waals surface area contributed by atoms with Gasteiger partial charge < -0.3 is 10.1 Å². The van der Waals surface area contributed by atoms with Crippen molar-refractivity contribution in [2.45, 2.75) is 39.5 Å². The Labute approximate surface area is 93.6 Å². The van der Waals surface area contributed by atoms with E-state index in [2.05, 4.69) is 5.32 Å². The minimum atomic E-state index is 0.182. The van der Waals surface area contributed by atoms with Crippen molar-refractivity contribution in [2.24, 2.45) is 5.92 Å². The van der Waals surface area contributed by atoms with Gasteiger partial charge in [-0.3, -0.25) is 4.79 Å². The Morgan fingerprint density at radius 3 is 2.47 bits per heavy atom. The van der Waals surface area contributed by atoms with Crippen molar-refractivity contribution in [3.63, 3.8) is 0 Å². The molecule has 0 saturated heterocycles. The van der Waals surface area contributed by atoms with E-state index in [1.165, 1.54) is 0 Å². The average molecular weight is 215 g/mol. The van der Waals surface area contributed by atoms with E-state index in [4.69, 9.17) is 4.74 Å². The number of carbonyl (C=O) groups excluding carboxylic acids is 1. The number of rotatable bonds is 10. The molecule has 0 fully saturated rings. The van der Waals surface area contributed by atoms with Crippen LogP contribution in [0, 0.1) is 5.92 Å². The molecule has 0 aliphatic heterocycles. The van der Waals surface area contributed by atoms with E-state index in [1.807, 2.05) is 20.9 Å². The average Bonchev–Trinajstić information content (AvgIpc) is 2.21. The lowest BCUT2D eigenvalue weighted by Crippen LogP contribution is -2.11. The third-order valence-electron chi connectivity index (χ3n) is 2.32. The first kappa shape index (κ1) is 14.6. The zero-order chi connectivity index (χ0) is 11.5. The third kappa shape index (κ3) is 9.88. The lowest BCUT2D eigenvalue weighted by molar-refractivity contribution is -0.122. The number of hydrogen-bond donors (Lipinski definition) is 1. The van der Waals surface area contributed by atoms with Crippen LogP contribution in [0.25, 0.3) is 0 Å². The lowest BCUT2D eigenvalue weighted by atomic mass is 10.0. The van der Waals surface area contributed by atoms with Crippen molar-refractivity contribution in [1.29, 1.82) is 0 Å². The molecule has 0 heterocycles. The quantitative estimate of drug-likeness (QED) is 0.566. The van der Waals surface area contributed by atoms with Crippen LogP contribution in [0.3, 0.4) is 0 Å². The summed E-state index contributed by atoms with van der Waals surface area (Å²) in [5, 5.41) is 3.07. The van der Waals surface area contributed by atoms with Crippen LogP contribution in [0.5, 0.6) is 0 Å². The van der Waals surface area contributed by atoms with Gasteiger partial charge in [-0.25, -0.2) is 0 Å². The number of carbonyl (C=O) groups is 1. The Hall–Kier alpha value is -0.410. The molecule has 0 aromatic carbocycles. The minimum absolute atomic E-state index is 0.182. The van der Waals surface area contributed by atoms with Crippen molar-refractivity contribution >= 4 is 5.78 Å². The molecule has 0 aromatic heterocycles. The Kier molecular flexibility index (Phi) is 9.84. The van der Waals surface area contributed by atoms with Crippen LogP contribution in [-0.2, 0) is 9.53 Å². The summed E-state index contributed by atoms with van der Waals surface area (Å²) in [6.45, 7) is 6.52. The van der Waals surface area contributed by atoms with Gasteiger partial charge in [0, 0.05) is 25.6 Å². The first-order chi connectivity index (χ1) is 7.18. The van der Waals surface area contributed by atoms with Crippen LogP contribution in [0.15, 0.2) is 0 Å². The molecule has 90 valence electrons. The zero-order valence-electron chi connectivity index (χ0n) is 10.3. The second-order valence-electron chi connectivity index (χ2n) is 4.15. The van der Waals surface area contributed by atoms with Gasteiger partial charge in [-0.15, -0.1) is 0 Å². The summed E-state index contributed by atoms with van der Waals surface area (Å²) >= 11 is 0. The molecule has 0 aliphatic carbocycles. The molecule has 3 heteroatoms. The molecule has 0 bridgehead atoms. The zero-order valence-corrected chi connectivity index (χ0v) is 10.3. The van der Waals surface area contributed by atoms with E-state index >= 15 is 0 Å². The predicted molar refractivity (Wildman–Crippen MR) is 63.1 cm³/mol. The summed E-state index contributed by atoms with van der Waals surface area (Å²) in [7, 11) is 1.94. The highest BCUT2D eigenvalue weighted by molar-refractivity contribution is 5.80. The third-order valence-corrected chi connectivity index (χ3v) is 2.32. The Balaban J connectivity index is 3.08. The molecule has 0 atom stereocenters. The van der Waals surface area contributed by atoms with Crippen LogP contribution in [-0.4, -0.2) is 32.6 Å². The first-order valence-corrected chi connectivity index (χ1v) is 5.93. The van der Waals surface area contributed by atoms with Gasteiger partial charge in [-0.2, -0.15) is 0 Å². The lowest BCUT2D eigenvalue weighted by Gasteiger charge is -2.05. The molecule has 1 N–H and O–H groups in total. The molecular formula is C12H25NO2. The Bertz CT molecular complexity index is 158. The fourth-order valence-corrected chi connectivity index (χ4v) is 1.25. The van der Waals surface area contributed by atoms with Crippen LogP contribution in [0.2, 0.25) is 0 Å². The van der Waals surface area contributed by atoms with Crippen molar-refractivity contribution in [3.05, 3.63) is 0 Å². The standard InChI is InChI=1S/C12H25NO2/c1-11(2)12(14)7-4-5-9-15-10-6-8-13-3/h11,13H,4-10H2,1-3H3. The summed E-state index contributed by atoms with van der Waals surface area (Å²) in [6, 6.07) is 0. The largest absolute Gasteiger partial charge is 0.381 e. The number of ether oxygens (including phenoxy) is 1. The molecule has 0 unspecified atom stereocenters. The maximum absolute atomic E-state index is 11.3. The van der Waals surface area contributed by atoms with E-state index in [-0.39, 0.29) is 5.92 Å². The summed E-state index contributed by atoms with van der Waals surface area (Å²) in [5.74, 6) is 0.548. The second kappa shape index (κ2) is 10.1. The van der Waals surface area contributed by atoms with Gasteiger partial charge in [0.1, 0.15) is 5.78 Å². The molecular weight excluding hydrogens is 190 g/mol. The highest BCUT2D eigenvalue weighted by Gasteiger charge is 2.05. The Morgan fingerprint density at radius 1 is 1.20 bits per heavy atom. The van der Waals surface area contributed by atoms with Crippen LogP contribution >= 0.6 is 0 Å². The topological polar surface area (TPSA) is 38.3 Å². The maximum atomic E-state index is 11.3. The second-order valence-corrected chi connectivity index (χ2v) is 4.15. The van der Waals surface area contributed by atoms with E-state index in [0.717, 1.165) is 39.0 Å². The first-order valence-electron chi connectivity index (χ1n) is 5.93. The number of unbranched alkanes of at least 4 members (excludes halogenated alkanes) is 1. The highest BCUT2D eigenvalue weighted by Crippen LogP contribution is 2.04. The monoisotopic (exact) mass is 215 g/mol. The van der Waals surface area contributed by atoms with Crippen molar-refractivity contribution < 1.29 is 9.53 Å². The van der Waals surface area contributed by atoms with E-state index in [0.29, 0.717) is 12.2 Å². The van der Waals surface area contributed by atoms with Gasteiger partial charge in [-0.05, 0) is 32.9 Å². The predicted octanol–water partition coefficient (Wildman–Crippen LogP) is 2.01. The smallest absolute Gasteiger partial charge is 0.135 e. The molecule has 0 aliphatic rings. The molecule has 0 rings (SSSR count). The van der Waals surface area contributed by atoms with Crippen molar-refractivity contribution in [2.75, 3.05) is 26.8 Å². The van der Waals surface area contributed by atoms with Gasteiger partial charge >= 0.3 is 0 Å². The number of nitrogens with one attached hydrogen (secondary N) is 1. The SMILES string of the molecule is CNCCCOCCCCC(=O)C(C)C. The molecule has 15 heavy (non-hydrogen) atoms. The van der Waals surface area contributed by atoms with Gasteiger partial charge in [0.25, 0.3) is 0 Å². The van der Waals surface area contributed by atoms with E-state index < -0.39 is 0 Å². The molecule has 0 saturated carbocycles. The van der Waals surface area contributed by atoms with E-state index in [9.17, 15) is 4.79 Å². The summed E-state index contributed by atoms with van der Waals surface area (Å²) in [4.78, 5) is 11.3. The summed E-state index contributed by atoms with van der Waals surface area (Å²) < 4.78 is 5.43. The van der Waals surface area contributed by atoms with Crippen molar-refractivity contribution in [3.8, 4) is 0 Å².